The molecule has 1 unspecified atom stereocenters. The Labute approximate surface area is 202 Å². The van der Waals surface area contributed by atoms with Gasteiger partial charge in [-0.1, -0.05) is 48.5 Å². The number of carbonyl (C=O) groups excluding carboxylic acids is 2. The molecule has 1 aliphatic rings. The summed E-state index contributed by atoms with van der Waals surface area (Å²) in [5.41, 5.74) is 0.592. The molecule has 1 N–H and O–H groups in total. The molecule has 2 heterocycles. The number of ketones is 1. The Morgan fingerprint density at radius 3 is 2.36 bits per heavy atom. The van der Waals surface area contributed by atoms with Crippen molar-refractivity contribution in [1.82, 2.24) is 4.98 Å². The number of halogens is 3. The maximum absolute atomic E-state index is 13.3. The summed E-state index contributed by atoms with van der Waals surface area (Å²) in [6.07, 6.45) is -2.03. The number of alkyl halides is 3. The second-order valence-corrected chi connectivity index (χ2v) is 8.02. The van der Waals surface area contributed by atoms with E-state index >= 15 is 0 Å². The lowest BCUT2D eigenvalue weighted by Gasteiger charge is -2.25. The minimum atomic E-state index is -4.94. The Bertz CT molecular complexity index is 1510. The number of fused-ring (bicyclic) bond motifs is 1. The molecule has 0 aliphatic carbocycles. The molecule has 5 rings (SSSR count). The molecule has 0 spiro atoms. The quantitative estimate of drug-likeness (QED) is 0.224. The molecule has 6 nitrogen and oxygen atoms in total. The highest BCUT2D eigenvalue weighted by atomic mass is 19.4. The molecule has 1 saturated heterocycles. The highest BCUT2D eigenvalue weighted by Crippen LogP contribution is 2.43. The third kappa shape index (κ3) is 4.15. The van der Waals surface area contributed by atoms with Crippen LogP contribution in [0.25, 0.3) is 16.5 Å². The van der Waals surface area contributed by atoms with Crippen molar-refractivity contribution in [3.63, 3.8) is 0 Å². The fourth-order valence-corrected chi connectivity index (χ4v) is 4.37. The van der Waals surface area contributed by atoms with Crippen molar-refractivity contribution < 1.29 is 32.6 Å². The first-order chi connectivity index (χ1) is 17.2. The number of amides is 1. The van der Waals surface area contributed by atoms with Gasteiger partial charge in [0.2, 0.25) is 0 Å². The van der Waals surface area contributed by atoms with Gasteiger partial charge in [-0.15, -0.1) is 13.2 Å². The predicted molar refractivity (Wildman–Crippen MR) is 126 cm³/mol. The largest absolute Gasteiger partial charge is 0.573 e. The van der Waals surface area contributed by atoms with Gasteiger partial charge in [0.25, 0.3) is 11.7 Å². The van der Waals surface area contributed by atoms with E-state index in [-0.39, 0.29) is 11.3 Å². The molecule has 1 atom stereocenters. The van der Waals surface area contributed by atoms with Gasteiger partial charge in [-0.05, 0) is 40.6 Å². The number of carbonyl (C=O) groups is 2. The lowest BCUT2D eigenvalue weighted by Crippen LogP contribution is -2.29. The molecule has 180 valence electrons. The number of hydrogen-bond donors (Lipinski definition) is 1. The number of rotatable bonds is 4. The van der Waals surface area contributed by atoms with E-state index in [4.69, 9.17) is 0 Å². The van der Waals surface area contributed by atoms with Gasteiger partial charge in [0.15, 0.2) is 0 Å². The van der Waals surface area contributed by atoms with Crippen molar-refractivity contribution in [2.24, 2.45) is 0 Å². The van der Waals surface area contributed by atoms with Crippen molar-refractivity contribution in [3.05, 3.63) is 108 Å². The standard InChI is InChI=1S/C27H17F3N2O4/c28-27(29,30)36-19-8-4-7-18(15-19)32-23(17-11-13-31-14-12-17)22(25(34)26(32)35)24(33)21-10-3-6-16-5-1-2-9-20(16)21/h1-15,23,33H/b24-22-. The normalized spacial score (nSPS) is 17.5. The molecule has 0 saturated carbocycles. The third-order valence-electron chi connectivity index (χ3n) is 5.84. The van der Waals surface area contributed by atoms with Crippen molar-refractivity contribution in [3.8, 4) is 5.75 Å². The van der Waals surface area contributed by atoms with Gasteiger partial charge in [-0.2, -0.15) is 0 Å². The van der Waals surface area contributed by atoms with Crippen molar-refractivity contribution in [1.29, 1.82) is 0 Å². The van der Waals surface area contributed by atoms with Crippen LogP contribution >= 0.6 is 0 Å². The molecule has 3 aromatic carbocycles. The summed E-state index contributed by atoms with van der Waals surface area (Å²) in [4.78, 5) is 31.6. The summed E-state index contributed by atoms with van der Waals surface area (Å²) in [5, 5.41) is 12.9. The van der Waals surface area contributed by atoms with Gasteiger partial charge in [0.1, 0.15) is 11.5 Å². The van der Waals surface area contributed by atoms with Crippen LogP contribution in [-0.4, -0.2) is 28.1 Å². The molecule has 4 aromatic rings. The minimum Gasteiger partial charge on any atom is -0.507 e. The number of aromatic nitrogens is 1. The van der Waals surface area contributed by atoms with E-state index in [1.807, 2.05) is 18.2 Å². The SMILES string of the molecule is O=C1C(=O)N(c2cccc(OC(F)(F)F)c2)C(c2ccncc2)/C1=C(/O)c1cccc2ccccc12. The number of nitrogens with zero attached hydrogens (tertiary/aromatic N) is 2. The average molecular weight is 490 g/mol. The van der Waals surface area contributed by atoms with E-state index in [1.54, 1.807) is 36.4 Å². The maximum Gasteiger partial charge on any atom is 0.573 e. The van der Waals surface area contributed by atoms with E-state index in [9.17, 15) is 27.9 Å². The minimum absolute atomic E-state index is 0.00219. The summed E-state index contributed by atoms with van der Waals surface area (Å²) >= 11 is 0. The molecule has 1 fully saturated rings. The molecule has 1 aromatic heterocycles. The Morgan fingerprint density at radius 1 is 0.917 bits per heavy atom. The summed E-state index contributed by atoms with van der Waals surface area (Å²) in [7, 11) is 0. The molecular formula is C27H17F3N2O4. The van der Waals surface area contributed by atoms with Gasteiger partial charge in [0, 0.05) is 29.7 Å². The number of hydrogen-bond acceptors (Lipinski definition) is 5. The van der Waals surface area contributed by atoms with E-state index in [0.29, 0.717) is 16.5 Å². The van der Waals surface area contributed by atoms with Crippen LogP contribution in [-0.2, 0) is 9.59 Å². The molecule has 1 aliphatic heterocycles. The Balaban J connectivity index is 1.71. The maximum atomic E-state index is 13.3. The van der Waals surface area contributed by atoms with Gasteiger partial charge in [-0.25, -0.2) is 0 Å². The Hall–Kier alpha value is -4.66. The predicted octanol–water partition coefficient (Wildman–Crippen LogP) is 5.76. The number of aliphatic hydroxyl groups is 1. The zero-order chi connectivity index (χ0) is 25.4. The van der Waals surface area contributed by atoms with E-state index < -0.39 is 35.6 Å². The van der Waals surface area contributed by atoms with Crippen molar-refractivity contribution >= 4 is 33.9 Å². The van der Waals surface area contributed by atoms with Crippen LogP contribution in [0.2, 0.25) is 0 Å². The van der Waals surface area contributed by atoms with E-state index in [0.717, 1.165) is 22.4 Å². The van der Waals surface area contributed by atoms with Gasteiger partial charge in [-0.3, -0.25) is 19.5 Å². The highest BCUT2D eigenvalue weighted by Gasteiger charge is 2.47. The second-order valence-electron chi connectivity index (χ2n) is 8.02. The van der Waals surface area contributed by atoms with Crippen molar-refractivity contribution in [2.75, 3.05) is 4.90 Å². The molecular weight excluding hydrogens is 473 g/mol. The highest BCUT2D eigenvalue weighted by molar-refractivity contribution is 6.51. The number of ether oxygens (including phenoxy) is 1. The zero-order valence-corrected chi connectivity index (χ0v) is 18.4. The summed E-state index contributed by atoms with van der Waals surface area (Å²) < 4.78 is 42.4. The van der Waals surface area contributed by atoms with E-state index in [1.165, 1.54) is 24.5 Å². The number of anilines is 1. The lowest BCUT2D eigenvalue weighted by atomic mass is 9.93. The molecule has 9 heteroatoms. The average Bonchev–Trinajstić information content (AvgIpc) is 3.13. The van der Waals surface area contributed by atoms with Gasteiger partial charge in [0.05, 0.1) is 11.6 Å². The van der Waals surface area contributed by atoms with Crippen LogP contribution in [0.15, 0.2) is 96.8 Å². The smallest absolute Gasteiger partial charge is 0.507 e. The second kappa shape index (κ2) is 8.84. The number of Topliss-reactive ketones (excluding diaryl/α,β-unsaturated/α-hetero) is 1. The summed E-state index contributed by atoms with van der Waals surface area (Å²) in [6.45, 7) is 0. The van der Waals surface area contributed by atoms with Crippen LogP contribution in [0.1, 0.15) is 17.2 Å². The molecule has 0 bridgehead atoms. The summed E-state index contributed by atoms with van der Waals surface area (Å²) in [5.74, 6) is -2.91. The zero-order valence-electron chi connectivity index (χ0n) is 18.4. The van der Waals surface area contributed by atoms with Gasteiger partial charge < -0.3 is 9.84 Å². The molecule has 1 amide bonds. The first-order valence-corrected chi connectivity index (χ1v) is 10.8. The van der Waals surface area contributed by atoms with Crippen LogP contribution in [0.4, 0.5) is 18.9 Å². The molecule has 0 radical (unpaired) electrons. The first-order valence-electron chi connectivity index (χ1n) is 10.8. The number of benzene rings is 3. The third-order valence-corrected chi connectivity index (χ3v) is 5.84. The van der Waals surface area contributed by atoms with Crippen LogP contribution in [0.5, 0.6) is 5.75 Å². The fraction of sp³-hybridized carbons (Fsp3) is 0.0741. The fourth-order valence-electron chi connectivity index (χ4n) is 4.37. The number of pyridine rings is 1. The van der Waals surface area contributed by atoms with E-state index in [2.05, 4.69) is 9.72 Å². The number of aliphatic hydroxyl groups excluding tert-OH is 1. The summed E-state index contributed by atoms with van der Waals surface area (Å²) in [6, 6.07) is 19.2. The van der Waals surface area contributed by atoms with Crippen LogP contribution < -0.4 is 9.64 Å². The van der Waals surface area contributed by atoms with Crippen LogP contribution in [0.3, 0.4) is 0 Å². The topological polar surface area (TPSA) is 79.7 Å². The first kappa shape index (κ1) is 23.1. The van der Waals surface area contributed by atoms with Gasteiger partial charge >= 0.3 is 6.36 Å². The Kier molecular flexibility index (Phi) is 5.68. The Morgan fingerprint density at radius 2 is 1.61 bits per heavy atom. The molecule has 36 heavy (non-hydrogen) atoms. The van der Waals surface area contributed by atoms with Crippen molar-refractivity contribution in [2.45, 2.75) is 12.4 Å². The van der Waals surface area contributed by atoms with Crippen LogP contribution in [0, 0.1) is 0 Å². The monoisotopic (exact) mass is 490 g/mol. The lowest BCUT2D eigenvalue weighted by molar-refractivity contribution is -0.274.